The van der Waals surface area contributed by atoms with Crippen LogP contribution in [0.3, 0.4) is 0 Å². The van der Waals surface area contributed by atoms with Crippen LogP contribution in [0.2, 0.25) is 0 Å². The highest BCUT2D eigenvalue weighted by molar-refractivity contribution is 6.62. The van der Waals surface area contributed by atoms with Gasteiger partial charge in [0, 0.05) is 12.5 Å². The third-order valence-electron chi connectivity index (χ3n) is 7.48. The molecule has 31 heavy (non-hydrogen) atoms. The Morgan fingerprint density at radius 3 is 2.39 bits per heavy atom. The van der Waals surface area contributed by atoms with E-state index in [4.69, 9.17) is 9.31 Å². The number of amides is 2. The summed E-state index contributed by atoms with van der Waals surface area (Å²) in [4.78, 5) is 26.4. The van der Waals surface area contributed by atoms with Crippen LogP contribution in [-0.2, 0) is 14.1 Å². The number of piperidine rings is 1. The van der Waals surface area contributed by atoms with Crippen LogP contribution >= 0.6 is 0 Å². The number of benzene rings is 1. The molecule has 7 nitrogen and oxygen atoms in total. The molecule has 168 valence electrons. The highest BCUT2D eigenvalue weighted by Crippen LogP contribution is 2.50. The average Bonchev–Trinajstić information content (AvgIpc) is 2.83. The summed E-state index contributed by atoms with van der Waals surface area (Å²) in [7, 11) is -0.698. The number of hydrogen-bond donors (Lipinski definition) is 2. The Morgan fingerprint density at radius 2 is 1.81 bits per heavy atom. The maximum Gasteiger partial charge on any atom is 0.495 e. The number of carbonyl (C=O) groups is 2. The number of nitrogens with one attached hydrogen (secondary N) is 1. The van der Waals surface area contributed by atoms with Crippen molar-refractivity contribution in [2.75, 3.05) is 5.32 Å². The maximum absolute atomic E-state index is 14.7. The van der Waals surface area contributed by atoms with Crippen LogP contribution in [0.25, 0.3) is 0 Å². The van der Waals surface area contributed by atoms with E-state index in [1.807, 2.05) is 34.6 Å². The van der Waals surface area contributed by atoms with Crippen LogP contribution in [0.4, 0.5) is 14.9 Å². The van der Waals surface area contributed by atoms with Gasteiger partial charge in [-0.05, 0) is 76.5 Å². The second-order valence-corrected chi connectivity index (χ2v) is 10.3. The van der Waals surface area contributed by atoms with Crippen molar-refractivity contribution < 1.29 is 28.4 Å². The van der Waals surface area contributed by atoms with Crippen LogP contribution < -0.4 is 10.8 Å². The Hall–Kier alpha value is -2.13. The minimum absolute atomic E-state index is 0.0149. The van der Waals surface area contributed by atoms with Gasteiger partial charge in [-0.25, -0.2) is 14.0 Å². The van der Waals surface area contributed by atoms with Crippen molar-refractivity contribution in [2.45, 2.75) is 83.6 Å². The molecule has 0 aromatic heterocycles. The molecule has 1 aromatic carbocycles. The molecule has 3 aliphatic rings. The van der Waals surface area contributed by atoms with Gasteiger partial charge in [-0.15, -0.1) is 0 Å². The molecule has 0 aliphatic carbocycles. The lowest BCUT2D eigenvalue weighted by atomic mass is 9.64. The second kappa shape index (κ2) is 6.94. The molecule has 1 aromatic rings. The number of carboxylic acids is 1. The first-order chi connectivity index (χ1) is 14.3. The summed E-state index contributed by atoms with van der Waals surface area (Å²) in [5, 5.41) is 12.4. The minimum Gasteiger partial charge on any atom is -0.479 e. The first kappa shape index (κ1) is 22.1. The molecule has 3 fully saturated rings. The molecule has 2 bridgehead atoms. The van der Waals surface area contributed by atoms with E-state index in [0.29, 0.717) is 23.9 Å². The number of aliphatic carboxylic acids is 1. The van der Waals surface area contributed by atoms with Gasteiger partial charge in [-0.2, -0.15) is 0 Å². The van der Waals surface area contributed by atoms with E-state index in [9.17, 15) is 19.1 Å². The number of fused-ring (bicyclic) bond motifs is 2. The summed E-state index contributed by atoms with van der Waals surface area (Å²) in [5.41, 5.74) is -1.06. The molecule has 4 rings (SSSR count). The summed E-state index contributed by atoms with van der Waals surface area (Å²) in [5.74, 6) is -1.37. The number of hydrogen-bond acceptors (Lipinski definition) is 4. The van der Waals surface area contributed by atoms with Crippen molar-refractivity contribution in [3.63, 3.8) is 0 Å². The zero-order valence-corrected chi connectivity index (χ0v) is 18.9. The van der Waals surface area contributed by atoms with E-state index in [1.54, 1.807) is 6.92 Å². The van der Waals surface area contributed by atoms with E-state index in [2.05, 4.69) is 5.32 Å². The highest BCUT2D eigenvalue weighted by atomic mass is 19.1. The Balaban J connectivity index is 1.59. The number of rotatable bonds is 3. The molecular formula is C22H30BFN2O5. The standard InChI is InChI=1S/C22H30BFN2O5/c1-12-7-14-11-22(10-12,18(27)28)26(14)19(29)25-17-9-15(13(2)8-16(17)24)23-30-20(3,4)21(5,6)31-23/h8-9,12,14H,7,10-11H2,1-6H3,(H,25,29)(H,27,28). The zero-order chi connectivity index (χ0) is 22.9. The number of carbonyl (C=O) groups excluding carboxylic acids is 1. The summed E-state index contributed by atoms with van der Waals surface area (Å²) in [6.45, 7) is 11.5. The van der Waals surface area contributed by atoms with E-state index in [-0.39, 0.29) is 17.6 Å². The quantitative estimate of drug-likeness (QED) is 0.716. The van der Waals surface area contributed by atoms with Crippen molar-refractivity contribution in [1.29, 1.82) is 0 Å². The van der Waals surface area contributed by atoms with E-state index in [1.165, 1.54) is 17.0 Å². The maximum atomic E-state index is 14.7. The zero-order valence-electron chi connectivity index (χ0n) is 18.9. The minimum atomic E-state index is -1.21. The topological polar surface area (TPSA) is 88.1 Å². The van der Waals surface area contributed by atoms with Gasteiger partial charge >= 0.3 is 19.1 Å². The van der Waals surface area contributed by atoms with Gasteiger partial charge < -0.3 is 24.6 Å². The molecular weight excluding hydrogens is 402 g/mol. The van der Waals surface area contributed by atoms with Crippen molar-refractivity contribution in [3.05, 3.63) is 23.5 Å². The van der Waals surface area contributed by atoms with E-state index >= 15 is 0 Å². The number of anilines is 1. The van der Waals surface area contributed by atoms with Gasteiger partial charge in [0.25, 0.3) is 0 Å². The SMILES string of the molecule is Cc1cc(F)c(NC(=O)N2C3CC(C)CC2(C(=O)O)C3)cc1B1OC(C)(C)C(C)(C)O1. The summed E-state index contributed by atoms with van der Waals surface area (Å²) in [6.07, 6.45) is 1.59. The van der Waals surface area contributed by atoms with Crippen molar-refractivity contribution in [2.24, 2.45) is 5.92 Å². The number of aryl methyl sites for hydroxylation is 1. The molecule has 3 aliphatic heterocycles. The fourth-order valence-electron chi connectivity index (χ4n) is 5.13. The van der Waals surface area contributed by atoms with Gasteiger partial charge in [-0.3, -0.25) is 0 Å². The largest absolute Gasteiger partial charge is 0.495 e. The molecule has 3 unspecified atom stereocenters. The number of carboxylic acid groups (broad SMARTS) is 1. The summed E-state index contributed by atoms with van der Waals surface area (Å²) >= 11 is 0. The Kier molecular flexibility index (Phi) is 4.94. The monoisotopic (exact) mass is 432 g/mol. The molecule has 0 radical (unpaired) electrons. The van der Waals surface area contributed by atoms with Crippen LogP contribution in [-0.4, -0.2) is 51.9 Å². The molecule has 9 heteroatoms. The van der Waals surface area contributed by atoms with Gasteiger partial charge in [0.1, 0.15) is 11.4 Å². The third kappa shape index (κ3) is 3.33. The summed E-state index contributed by atoms with van der Waals surface area (Å²) in [6, 6.07) is 2.13. The van der Waals surface area contributed by atoms with Crippen molar-refractivity contribution >= 4 is 30.3 Å². The second-order valence-electron chi connectivity index (χ2n) is 10.3. The van der Waals surface area contributed by atoms with Crippen LogP contribution in [0, 0.1) is 18.7 Å². The van der Waals surface area contributed by atoms with E-state index in [0.717, 1.165) is 6.42 Å². The molecule has 2 amide bonds. The van der Waals surface area contributed by atoms with E-state index < -0.39 is 41.7 Å². The fourth-order valence-corrected chi connectivity index (χ4v) is 5.13. The Labute approximate surface area is 182 Å². The highest BCUT2D eigenvalue weighted by Gasteiger charge is 2.63. The lowest BCUT2D eigenvalue weighted by molar-refractivity contribution is -0.173. The van der Waals surface area contributed by atoms with Crippen LogP contribution in [0.1, 0.15) is 59.4 Å². The molecule has 0 saturated carbocycles. The first-order valence-corrected chi connectivity index (χ1v) is 10.8. The summed E-state index contributed by atoms with van der Waals surface area (Å²) < 4.78 is 26.9. The lowest BCUT2D eigenvalue weighted by Crippen LogP contribution is -2.75. The number of urea groups is 1. The van der Waals surface area contributed by atoms with Gasteiger partial charge in [0.15, 0.2) is 0 Å². The molecule has 2 N–H and O–H groups in total. The number of halogens is 1. The predicted molar refractivity (Wildman–Crippen MR) is 115 cm³/mol. The Morgan fingerprint density at radius 1 is 1.19 bits per heavy atom. The normalized spacial score (nSPS) is 30.7. The first-order valence-electron chi connectivity index (χ1n) is 10.8. The molecule has 3 atom stereocenters. The smallest absolute Gasteiger partial charge is 0.479 e. The molecule has 3 saturated heterocycles. The molecule has 0 spiro atoms. The molecule has 3 heterocycles. The van der Waals surface area contributed by atoms with Gasteiger partial charge in [0.2, 0.25) is 0 Å². The predicted octanol–water partition coefficient (Wildman–Crippen LogP) is 3.29. The average molecular weight is 432 g/mol. The number of nitrogens with zero attached hydrogens (tertiary/aromatic N) is 1. The van der Waals surface area contributed by atoms with Gasteiger partial charge in [0.05, 0.1) is 16.9 Å². The fraction of sp³-hybridized carbons (Fsp3) is 0.636. The Bertz CT molecular complexity index is 936. The van der Waals surface area contributed by atoms with Gasteiger partial charge in [-0.1, -0.05) is 6.92 Å². The van der Waals surface area contributed by atoms with Crippen LogP contribution in [0.15, 0.2) is 12.1 Å². The van der Waals surface area contributed by atoms with Crippen LogP contribution in [0.5, 0.6) is 0 Å². The van der Waals surface area contributed by atoms with Crippen molar-refractivity contribution in [1.82, 2.24) is 4.90 Å². The lowest BCUT2D eigenvalue weighted by Gasteiger charge is -2.60. The van der Waals surface area contributed by atoms with Crippen molar-refractivity contribution in [3.8, 4) is 0 Å². The third-order valence-corrected chi connectivity index (χ3v) is 7.48.